The molecule has 0 saturated heterocycles. The van der Waals surface area contributed by atoms with Gasteiger partial charge in [-0.2, -0.15) is 5.10 Å². The van der Waals surface area contributed by atoms with E-state index in [1.165, 1.54) is 5.56 Å². The maximum absolute atomic E-state index is 14.0. The summed E-state index contributed by atoms with van der Waals surface area (Å²) in [6.45, 7) is 6.09. The van der Waals surface area contributed by atoms with Crippen molar-refractivity contribution in [3.63, 3.8) is 0 Å². The predicted octanol–water partition coefficient (Wildman–Crippen LogP) is 4.70. The van der Waals surface area contributed by atoms with Gasteiger partial charge in [-0.1, -0.05) is 48.0 Å². The summed E-state index contributed by atoms with van der Waals surface area (Å²) in [5, 5.41) is 4.92. The summed E-state index contributed by atoms with van der Waals surface area (Å²) in [4.78, 5) is 18.1. The Kier molecular flexibility index (Phi) is 6.98. The zero-order chi connectivity index (χ0) is 24.2. The molecule has 0 bridgehead atoms. The highest BCUT2D eigenvalue weighted by Crippen LogP contribution is 2.25. The fourth-order valence-electron chi connectivity index (χ4n) is 4.15. The lowest BCUT2D eigenvalue weighted by Gasteiger charge is -2.25. The van der Waals surface area contributed by atoms with Gasteiger partial charge in [-0.25, -0.2) is 4.68 Å². The maximum Gasteiger partial charge on any atom is 0.272 e. The van der Waals surface area contributed by atoms with Gasteiger partial charge in [0, 0.05) is 32.9 Å². The number of nitrogens with zero attached hydrogens (tertiary/aromatic N) is 5. The summed E-state index contributed by atoms with van der Waals surface area (Å²) < 4.78 is 3.84. The van der Waals surface area contributed by atoms with Crippen LogP contribution in [-0.2, 0) is 13.6 Å². The molecular formula is C28H33N5O. The van der Waals surface area contributed by atoms with Gasteiger partial charge in [0.05, 0.1) is 11.4 Å². The van der Waals surface area contributed by atoms with Crippen LogP contribution in [0.4, 0.5) is 0 Å². The van der Waals surface area contributed by atoms with Crippen LogP contribution in [0.5, 0.6) is 0 Å². The number of aromatic nitrogens is 3. The molecule has 1 amide bonds. The molecule has 0 N–H and O–H groups in total. The highest BCUT2D eigenvalue weighted by atomic mass is 16.2. The van der Waals surface area contributed by atoms with Crippen molar-refractivity contribution in [2.75, 3.05) is 27.2 Å². The second-order valence-electron chi connectivity index (χ2n) is 9.14. The second-order valence-corrected chi connectivity index (χ2v) is 9.14. The molecule has 34 heavy (non-hydrogen) atoms. The van der Waals surface area contributed by atoms with Crippen LogP contribution < -0.4 is 0 Å². The van der Waals surface area contributed by atoms with E-state index in [1.807, 2.05) is 84.0 Å². The maximum atomic E-state index is 14.0. The van der Waals surface area contributed by atoms with E-state index in [0.717, 1.165) is 34.7 Å². The van der Waals surface area contributed by atoms with Gasteiger partial charge >= 0.3 is 0 Å². The molecule has 0 aliphatic carbocycles. The van der Waals surface area contributed by atoms with E-state index in [9.17, 15) is 4.79 Å². The average Bonchev–Trinajstić information content (AvgIpc) is 3.43. The van der Waals surface area contributed by atoms with Crippen molar-refractivity contribution in [1.82, 2.24) is 24.1 Å². The predicted molar refractivity (Wildman–Crippen MR) is 137 cm³/mol. The number of rotatable bonds is 8. The van der Waals surface area contributed by atoms with E-state index in [-0.39, 0.29) is 5.91 Å². The Labute approximate surface area is 202 Å². The lowest BCUT2D eigenvalue weighted by Crippen LogP contribution is -2.37. The first-order chi connectivity index (χ1) is 16.3. The molecule has 176 valence electrons. The third-order valence-corrected chi connectivity index (χ3v) is 6.04. The fraction of sp³-hybridized carbons (Fsp3) is 0.286. The number of carbonyl (C=O) groups is 1. The van der Waals surface area contributed by atoms with Crippen LogP contribution in [0.15, 0.2) is 72.9 Å². The van der Waals surface area contributed by atoms with Crippen molar-refractivity contribution in [1.29, 1.82) is 0 Å². The molecule has 2 aromatic heterocycles. The van der Waals surface area contributed by atoms with Gasteiger partial charge in [0.25, 0.3) is 5.91 Å². The zero-order valence-electron chi connectivity index (χ0n) is 20.7. The zero-order valence-corrected chi connectivity index (χ0v) is 20.7. The van der Waals surface area contributed by atoms with Gasteiger partial charge < -0.3 is 14.4 Å². The van der Waals surface area contributed by atoms with Crippen LogP contribution in [-0.4, -0.2) is 57.2 Å². The summed E-state index contributed by atoms with van der Waals surface area (Å²) >= 11 is 0. The van der Waals surface area contributed by atoms with E-state index < -0.39 is 0 Å². The molecule has 2 heterocycles. The molecule has 4 rings (SSSR count). The largest absolute Gasteiger partial charge is 0.349 e. The Morgan fingerprint density at radius 2 is 1.71 bits per heavy atom. The number of amides is 1. The molecule has 0 aliphatic rings. The molecule has 6 nitrogen and oxygen atoms in total. The topological polar surface area (TPSA) is 46.3 Å². The molecule has 2 aromatic carbocycles. The van der Waals surface area contributed by atoms with Gasteiger partial charge in [0.1, 0.15) is 11.4 Å². The van der Waals surface area contributed by atoms with Crippen molar-refractivity contribution in [2.45, 2.75) is 20.4 Å². The van der Waals surface area contributed by atoms with Gasteiger partial charge in [-0.3, -0.25) is 4.79 Å². The number of likely N-dealkylation sites (N-methyl/N-ethyl adjacent to an activating group) is 1. The Morgan fingerprint density at radius 3 is 2.35 bits per heavy atom. The summed E-state index contributed by atoms with van der Waals surface area (Å²) in [6.07, 6.45) is 1.99. The average molecular weight is 456 g/mol. The van der Waals surface area contributed by atoms with E-state index in [4.69, 9.17) is 5.10 Å². The smallest absolute Gasteiger partial charge is 0.272 e. The van der Waals surface area contributed by atoms with Crippen LogP contribution in [0.2, 0.25) is 0 Å². The monoisotopic (exact) mass is 455 g/mol. The molecular weight excluding hydrogens is 422 g/mol. The minimum atomic E-state index is -0.0290. The van der Waals surface area contributed by atoms with E-state index >= 15 is 0 Å². The van der Waals surface area contributed by atoms with Gasteiger partial charge in [-0.15, -0.1) is 0 Å². The summed E-state index contributed by atoms with van der Waals surface area (Å²) in [6, 6.07) is 22.3. The third kappa shape index (κ3) is 5.13. The third-order valence-electron chi connectivity index (χ3n) is 6.04. The van der Waals surface area contributed by atoms with Crippen molar-refractivity contribution in [3.8, 4) is 17.1 Å². The van der Waals surface area contributed by atoms with Crippen molar-refractivity contribution in [3.05, 3.63) is 95.3 Å². The normalized spacial score (nSPS) is 11.2. The van der Waals surface area contributed by atoms with Crippen LogP contribution >= 0.6 is 0 Å². The molecule has 0 atom stereocenters. The van der Waals surface area contributed by atoms with Crippen molar-refractivity contribution >= 4 is 5.91 Å². The van der Waals surface area contributed by atoms with Gasteiger partial charge in [0.2, 0.25) is 0 Å². The van der Waals surface area contributed by atoms with Crippen molar-refractivity contribution < 1.29 is 4.79 Å². The lowest BCUT2D eigenvalue weighted by molar-refractivity contribution is 0.0722. The van der Waals surface area contributed by atoms with Crippen LogP contribution in [0, 0.1) is 13.8 Å². The second kappa shape index (κ2) is 10.1. The Bertz CT molecular complexity index is 1270. The summed E-state index contributed by atoms with van der Waals surface area (Å²) in [5.41, 5.74) is 6.61. The van der Waals surface area contributed by atoms with E-state index in [2.05, 4.69) is 43.0 Å². The first kappa shape index (κ1) is 23.5. The molecule has 0 fully saturated rings. The van der Waals surface area contributed by atoms with E-state index in [1.54, 1.807) is 0 Å². The first-order valence-corrected chi connectivity index (χ1v) is 11.6. The summed E-state index contributed by atoms with van der Waals surface area (Å²) in [7, 11) is 6.04. The van der Waals surface area contributed by atoms with Crippen molar-refractivity contribution in [2.24, 2.45) is 7.05 Å². The van der Waals surface area contributed by atoms with E-state index in [0.29, 0.717) is 18.8 Å². The quantitative estimate of drug-likeness (QED) is 0.387. The van der Waals surface area contributed by atoms with Crippen LogP contribution in [0.1, 0.15) is 27.2 Å². The highest BCUT2D eigenvalue weighted by molar-refractivity contribution is 5.94. The molecule has 0 unspecified atom stereocenters. The minimum Gasteiger partial charge on any atom is -0.349 e. The Morgan fingerprint density at radius 1 is 0.941 bits per heavy atom. The standard InChI is InChI=1S/C28H33N5O/c1-21-13-14-25(22(2)18-21)33-27(19-24(29-33)26-12-9-15-31(26)5)28(34)32(17-16-30(3)4)20-23-10-7-6-8-11-23/h6-15,18-19H,16-17,20H2,1-5H3. The SMILES string of the molecule is Cc1ccc(-n2nc(-c3cccn3C)cc2C(=O)N(CCN(C)C)Cc2ccccc2)c(C)c1. The van der Waals surface area contributed by atoms with Crippen LogP contribution in [0.25, 0.3) is 17.1 Å². The molecule has 0 radical (unpaired) electrons. The fourth-order valence-corrected chi connectivity index (χ4v) is 4.15. The minimum absolute atomic E-state index is 0.0290. The number of hydrogen-bond donors (Lipinski definition) is 0. The van der Waals surface area contributed by atoms with Crippen LogP contribution in [0.3, 0.4) is 0 Å². The Hall–Kier alpha value is -3.64. The lowest BCUT2D eigenvalue weighted by atomic mass is 10.1. The summed E-state index contributed by atoms with van der Waals surface area (Å²) in [5.74, 6) is -0.0290. The molecule has 6 heteroatoms. The molecule has 4 aromatic rings. The molecule has 0 aliphatic heterocycles. The number of hydrogen-bond acceptors (Lipinski definition) is 3. The van der Waals surface area contributed by atoms with Gasteiger partial charge in [0.15, 0.2) is 0 Å². The first-order valence-electron chi connectivity index (χ1n) is 11.6. The number of benzene rings is 2. The number of carbonyl (C=O) groups excluding carboxylic acids is 1. The number of aryl methyl sites for hydroxylation is 3. The molecule has 0 saturated carbocycles. The molecule has 0 spiro atoms. The highest BCUT2D eigenvalue weighted by Gasteiger charge is 2.24. The van der Waals surface area contributed by atoms with Gasteiger partial charge in [-0.05, 0) is 63.3 Å². The Balaban J connectivity index is 1.79.